The summed E-state index contributed by atoms with van der Waals surface area (Å²) in [5.41, 5.74) is 8.69. The van der Waals surface area contributed by atoms with E-state index in [1.165, 1.54) is 11.1 Å². The Hall–Kier alpha value is -1.02. The number of rotatable bonds is 1. The first-order chi connectivity index (χ1) is 6.29. The van der Waals surface area contributed by atoms with Crippen LogP contribution in [0.4, 0.5) is 0 Å². The Kier molecular flexibility index (Phi) is 2.23. The highest BCUT2D eigenvalue weighted by atomic mass is 16.5. The smallest absolute Gasteiger partial charge is 0.119 e. The van der Waals surface area contributed by atoms with Crippen molar-refractivity contribution in [2.45, 2.75) is 25.3 Å². The molecule has 0 saturated heterocycles. The van der Waals surface area contributed by atoms with Gasteiger partial charge in [0.25, 0.3) is 0 Å². The van der Waals surface area contributed by atoms with Gasteiger partial charge < -0.3 is 10.5 Å². The zero-order valence-corrected chi connectivity index (χ0v) is 7.92. The van der Waals surface area contributed by atoms with Gasteiger partial charge in [0, 0.05) is 6.04 Å². The summed E-state index contributed by atoms with van der Waals surface area (Å²) in [6, 6.07) is 6.61. The summed E-state index contributed by atoms with van der Waals surface area (Å²) in [5.74, 6) is 0.938. The molecule has 0 saturated carbocycles. The second-order valence-electron chi connectivity index (χ2n) is 3.64. The van der Waals surface area contributed by atoms with Crippen LogP contribution in [-0.2, 0) is 12.8 Å². The average molecular weight is 177 g/mol. The van der Waals surface area contributed by atoms with Crippen LogP contribution >= 0.6 is 0 Å². The van der Waals surface area contributed by atoms with Gasteiger partial charge in [-0.3, -0.25) is 0 Å². The van der Waals surface area contributed by atoms with Gasteiger partial charge in [-0.1, -0.05) is 6.07 Å². The fraction of sp³-hybridized carbons (Fsp3) is 0.455. The second-order valence-corrected chi connectivity index (χ2v) is 3.64. The third-order valence-corrected chi connectivity index (χ3v) is 2.68. The van der Waals surface area contributed by atoms with Crippen LogP contribution in [0.25, 0.3) is 0 Å². The maximum absolute atomic E-state index is 5.90. The van der Waals surface area contributed by atoms with Crippen LogP contribution in [-0.4, -0.2) is 13.2 Å². The van der Waals surface area contributed by atoms with Crippen molar-refractivity contribution in [3.05, 3.63) is 29.3 Å². The number of ether oxygens (including phenoxy) is 1. The first-order valence-electron chi connectivity index (χ1n) is 4.71. The maximum atomic E-state index is 5.90. The topological polar surface area (TPSA) is 35.2 Å². The molecule has 0 heterocycles. The van der Waals surface area contributed by atoms with Gasteiger partial charge in [-0.05, 0) is 42.5 Å². The second kappa shape index (κ2) is 3.38. The van der Waals surface area contributed by atoms with E-state index in [2.05, 4.69) is 12.1 Å². The van der Waals surface area contributed by atoms with Crippen molar-refractivity contribution in [2.24, 2.45) is 5.73 Å². The molecule has 0 bridgehead atoms. The molecule has 1 aliphatic carbocycles. The lowest BCUT2D eigenvalue weighted by atomic mass is 9.89. The molecule has 2 N–H and O–H groups in total. The zero-order valence-electron chi connectivity index (χ0n) is 7.92. The van der Waals surface area contributed by atoms with Gasteiger partial charge in [0.05, 0.1) is 7.11 Å². The molecule has 13 heavy (non-hydrogen) atoms. The van der Waals surface area contributed by atoms with E-state index in [4.69, 9.17) is 10.5 Å². The summed E-state index contributed by atoms with van der Waals surface area (Å²) in [5, 5.41) is 0. The highest BCUT2D eigenvalue weighted by molar-refractivity contribution is 5.37. The molecule has 0 fully saturated rings. The summed E-state index contributed by atoms with van der Waals surface area (Å²) in [4.78, 5) is 0. The molecule has 2 nitrogen and oxygen atoms in total. The van der Waals surface area contributed by atoms with E-state index in [1.807, 2.05) is 6.07 Å². The average Bonchev–Trinajstić information content (AvgIpc) is 2.16. The highest BCUT2D eigenvalue weighted by Crippen LogP contribution is 2.24. The molecule has 0 unspecified atom stereocenters. The Morgan fingerprint density at radius 1 is 1.38 bits per heavy atom. The number of hydrogen-bond acceptors (Lipinski definition) is 2. The first-order valence-corrected chi connectivity index (χ1v) is 4.71. The Morgan fingerprint density at radius 2 is 2.23 bits per heavy atom. The summed E-state index contributed by atoms with van der Waals surface area (Å²) in [7, 11) is 1.70. The lowest BCUT2D eigenvalue weighted by Crippen LogP contribution is -2.27. The standard InChI is InChI=1S/C11H15NO/c1-13-11-5-3-8-2-4-10(12)6-9(8)7-11/h3,5,7,10H,2,4,6,12H2,1H3/t10-/m1/s1. The minimum Gasteiger partial charge on any atom is -0.497 e. The molecule has 0 aliphatic heterocycles. The molecule has 70 valence electrons. The minimum atomic E-state index is 0.333. The summed E-state index contributed by atoms with van der Waals surface area (Å²) >= 11 is 0. The van der Waals surface area contributed by atoms with Gasteiger partial charge in [0.1, 0.15) is 5.75 Å². The quantitative estimate of drug-likeness (QED) is 0.705. The zero-order chi connectivity index (χ0) is 9.26. The maximum Gasteiger partial charge on any atom is 0.119 e. The Balaban J connectivity index is 2.32. The van der Waals surface area contributed by atoms with Crippen molar-refractivity contribution in [3.8, 4) is 5.75 Å². The van der Waals surface area contributed by atoms with E-state index in [0.717, 1.165) is 25.0 Å². The molecular weight excluding hydrogens is 162 g/mol. The van der Waals surface area contributed by atoms with E-state index < -0.39 is 0 Å². The molecule has 1 aromatic carbocycles. The number of methoxy groups -OCH3 is 1. The van der Waals surface area contributed by atoms with Gasteiger partial charge >= 0.3 is 0 Å². The first kappa shape index (κ1) is 8.57. The van der Waals surface area contributed by atoms with Gasteiger partial charge in [-0.2, -0.15) is 0 Å². The van der Waals surface area contributed by atoms with Crippen LogP contribution in [0.2, 0.25) is 0 Å². The number of hydrogen-bond donors (Lipinski definition) is 1. The van der Waals surface area contributed by atoms with Crippen LogP contribution in [0.15, 0.2) is 18.2 Å². The summed E-state index contributed by atoms with van der Waals surface area (Å²) in [6.45, 7) is 0. The number of nitrogens with two attached hydrogens (primary N) is 1. The molecule has 2 heteroatoms. The lowest BCUT2D eigenvalue weighted by molar-refractivity contribution is 0.413. The predicted octanol–water partition coefficient (Wildman–Crippen LogP) is 1.51. The van der Waals surface area contributed by atoms with E-state index in [9.17, 15) is 0 Å². The van der Waals surface area contributed by atoms with Crippen molar-refractivity contribution in [3.63, 3.8) is 0 Å². The number of aryl methyl sites for hydroxylation is 1. The minimum absolute atomic E-state index is 0.333. The SMILES string of the molecule is COc1ccc2c(c1)C[C@H](N)CC2. The predicted molar refractivity (Wildman–Crippen MR) is 53.0 cm³/mol. The van der Waals surface area contributed by atoms with Gasteiger partial charge in [0.2, 0.25) is 0 Å². The molecular formula is C11H15NO. The van der Waals surface area contributed by atoms with Crippen LogP contribution in [0, 0.1) is 0 Å². The Bertz CT molecular complexity index is 309. The van der Waals surface area contributed by atoms with Crippen LogP contribution in [0.1, 0.15) is 17.5 Å². The van der Waals surface area contributed by atoms with Crippen molar-refractivity contribution in [2.75, 3.05) is 7.11 Å². The number of benzene rings is 1. The molecule has 1 aliphatic rings. The normalized spacial score (nSPS) is 20.9. The molecule has 0 aromatic heterocycles. The van der Waals surface area contributed by atoms with Crippen LogP contribution in [0.5, 0.6) is 5.75 Å². The highest BCUT2D eigenvalue weighted by Gasteiger charge is 2.15. The van der Waals surface area contributed by atoms with Gasteiger partial charge in [-0.15, -0.1) is 0 Å². The van der Waals surface area contributed by atoms with Crippen LogP contribution < -0.4 is 10.5 Å². The number of fused-ring (bicyclic) bond motifs is 1. The molecule has 1 aromatic rings. The largest absolute Gasteiger partial charge is 0.497 e. The van der Waals surface area contributed by atoms with E-state index in [1.54, 1.807) is 7.11 Å². The molecule has 1 atom stereocenters. The third-order valence-electron chi connectivity index (χ3n) is 2.68. The van der Waals surface area contributed by atoms with Crippen LogP contribution in [0.3, 0.4) is 0 Å². The van der Waals surface area contributed by atoms with E-state index in [0.29, 0.717) is 6.04 Å². The fourth-order valence-electron chi connectivity index (χ4n) is 1.89. The van der Waals surface area contributed by atoms with Crippen molar-refractivity contribution in [1.29, 1.82) is 0 Å². The molecule has 0 radical (unpaired) electrons. The summed E-state index contributed by atoms with van der Waals surface area (Å²) in [6.07, 6.45) is 3.21. The van der Waals surface area contributed by atoms with Crippen molar-refractivity contribution < 1.29 is 4.74 Å². The van der Waals surface area contributed by atoms with Crippen molar-refractivity contribution in [1.82, 2.24) is 0 Å². The Labute approximate surface area is 78.7 Å². The third kappa shape index (κ3) is 1.68. The van der Waals surface area contributed by atoms with E-state index >= 15 is 0 Å². The lowest BCUT2D eigenvalue weighted by Gasteiger charge is -2.21. The monoisotopic (exact) mass is 177 g/mol. The fourth-order valence-corrected chi connectivity index (χ4v) is 1.89. The summed E-state index contributed by atoms with van der Waals surface area (Å²) < 4.78 is 5.17. The van der Waals surface area contributed by atoms with Crippen molar-refractivity contribution >= 4 is 0 Å². The van der Waals surface area contributed by atoms with Gasteiger partial charge in [0.15, 0.2) is 0 Å². The van der Waals surface area contributed by atoms with E-state index in [-0.39, 0.29) is 0 Å². The molecule has 0 amide bonds. The van der Waals surface area contributed by atoms with Gasteiger partial charge in [-0.25, -0.2) is 0 Å². The molecule has 0 spiro atoms. The Morgan fingerprint density at radius 3 is 3.00 bits per heavy atom. The molecule has 2 rings (SSSR count).